The Morgan fingerprint density at radius 2 is 2.03 bits per heavy atom. The number of pyridine rings is 2. The number of hydrogen-bond donors (Lipinski definition) is 1. The molecule has 4 aromatic rings. The molecule has 1 aromatic carbocycles. The fourth-order valence-electron chi connectivity index (χ4n) is 4.57. The average Bonchev–Trinajstić information content (AvgIpc) is 3.22. The van der Waals surface area contributed by atoms with Gasteiger partial charge >= 0.3 is 0 Å². The zero-order valence-corrected chi connectivity index (χ0v) is 19.1. The second kappa shape index (κ2) is 7.96. The first-order valence-electron chi connectivity index (χ1n) is 11.0. The Labute approximate surface area is 196 Å². The lowest BCUT2D eigenvalue weighted by molar-refractivity contribution is 0.109. The van der Waals surface area contributed by atoms with Crippen LogP contribution in [0.3, 0.4) is 0 Å². The van der Waals surface area contributed by atoms with E-state index in [9.17, 15) is 9.65 Å². The van der Waals surface area contributed by atoms with Crippen molar-refractivity contribution in [3.8, 4) is 34.2 Å². The maximum Gasteiger partial charge on any atom is 0.166 e. The van der Waals surface area contributed by atoms with Crippen LogP contribution in [0.5, 0.6) is 5.75 Å². The quantitative estimate of drug-likeness (QED) is 0.442. The van der Waals surface area contributed by atoms with E-state index < -0.39 is 11.4 Å². The van der Waals surface area contributed by atoms with Crippen LogP contribution in [-0.4, -0.2) is 19.7 Å². The van der Waals surface area contributed by atoms with Gasteiger partial charge in [0.1, 0.15) is 11.4 Å². The summed E-state index contributed by atoms with van der Waals surface area (Å²) >= 11 is 0. The Kier molecular flexibility index (Phi) is 5.05. The molecule has 2 bridgehead atoms. The first kappa shape index (κ1) is 21.6. The minimum Gasteiger partial charge on any atom is -0.479 e. The summed E-state index contributed by atoms with van der Waals surface area (Å²) in [5.74, 6) is 0.216. The lowest BCUT2D eigenvalue weighted by Gasteiger charge is -2.31. The van der Waals surface area contributed by atoms with Crippen LogP contribution in [0, 0.1) is 17.1 Å². The van der Waals surface area contributed by atoms with Crippen LogP contribution in [0.4, 0.5) is 10.2 Å². The van der Waals surface area contributed by atoms with E-state index in [2.05, 4.69) is 21.1 Å². The number of benzene rings is 1. The van der Waals surface area contributed by atoms with Gasteiger partial charge in [-0.3, -0.25) is 9.67 Å². The van der Waals surface area contributed by atoms with E-state index >= 15 is 0 Å². The van der Waals surface area contributed by atoms with Gasteiger partial charge in [-0.05, 0) is 50.6 Å². The van der Waals surface area contributed by atoms with Gasteiger partial charge in [0.15, 0.2) is 11.6 Å². The number of ether oxygens (including phenoxy) is 1. The van der Waals surface area contributed by atoms with E-state index in [4.69, 9.17) is 10.5 Å². The fraction of sp³-hybridized carbons (Fsp3) is 0.231. The van der Waals surface area contributed by atoms with Crippen molar-refractivity contribution in [2.75, 3.05) is 5.73 Å². The number of nitriles is 1. The molecule has 0 aliphatic carbocycles. The molecule has 4 heterocycles. The maximum absolute atomic E-state index is 14.5. The highest BCUT2D eigenvalue weighted by Gasteiger charge is 2.31. The lowest BCUT2D eigenvalue weighted by Crippen LogP contribution is -2.27. The Morgan fingerprint density at radius 1 is 1.21 bits per heavy atom. The van der Waals surface area contributed by atoms with Crippen molar-refractivity contribution < 1.29 is 9.13 Å². The van der Waals surface area contributed by atoms with E-state index in [0.29, 0.717) is 46.7 Å². The predicted molar refractivity (Wildman–Crippen MR) is 126 cm³/mol. The van der Waals surface area contributed by atoms with Crippen molar-refractivity contribution in [3.05, 3.63) is 77.1 Å². The van der Waals surface area contributed by atoms with Crippen LogP contribution in [0.2, 0.25) is 0 Å². The molecule has 0 saturated carbocycles. The zero-order chi connectivity index (χ0) is 24.0. The van der Waals surface area contributed by atoms with Crippen molar-refractivity contribution in [3.63, 3.8) is 0 Å². The van der Waals surface area contributed by atoms with Crippen LogP contribution in [0.25, 0.3) is 22.4 Å². The molecule has 8 heteroatoms. The number of nitrogen functional groups attached to an aromatic ring is 1. The van der Waals surface area contributed by atoms with Gasteiger partial charge in [0, 0.05) is 47.6 Å². The van der Waals surface area contributed by atoms with E-state index in [1.54, 1.807) is 24.5 Å². The van der Waals surface area contributed by atoms with Crippen molar-refractivity contribution >= 4 is 5.82 Å². The molecule has 0 saturated heterocycles. The third kappa shape index (κ3) is 3.46. The lowest BCUT2D eigenvalue weighted by atomic mass is 9.85. The minimum atomic E-state index is -1.00. The topological polar surface area (TPSA) is 103 Å². The van der Waals surface area contributed by atoms with Crippen LogP contribution in [0.1, 0.15) is 43.2 Å². The summed E-state index contributed by atoms with van der Waals surface area (Å²) in [4.78, 5) is 9.02. The summed E-state index contributed by atoms with van der Waals surface area (Å²) in [6, 6.07) is 10.3. The van der Waals surface area contributed by atoms with Crippen molar-refractivity contribution in [1.29, 1.82) is 5.26 Å². The smallest absolute Gasteiger partial charge is 0.166 e. The third-order valence-corrected chi connectivity index (χ3v) is 6.14. The van der Waals surface area contributed by atoms with Gasteiger partial charge in [0.05, 0.1) is 29.2 Å². The molecule has 0 spiro atoms. The number of nitrogens with zero attached hydrogens (tertiary/aromatic N) is 5. The van der Waals surface area contributed by atoms with Crippen LogP contribution < -0.4 is 10.5 Å². The van der Waals surface area contributed by atoms with Crippen LogP contribution in [-0.2, 0) is 18.6 Å². The molecule has 0 radical (unpaired) electrons. The van der Waals surface area contributed by atoms with E-state index in [1.165, 1.54) is 12.1 Å². The van der Waals surface area contributed by atoms with Crippen LogP contribution in [0.15, 0.2) is 48.9 Å². The normalized spacial score (nSPS) is 13.9. The SMILES string of the molecule is CCn1ncc2c1-c1cnc(N)c(c1)OC(C)(C)c1cc(F)ccc1-c1c(C#N)ccnc1C2. The molecule has 1 aliphatic rings. The van der Waals surface area contributed by atoms with Crippen molar-refractivity contribution in [2.24, 2.45) is 0 Å². The predicted octanol–water partition coefficient (Wildman–Crippen LogP) is 4.84. The number of anilines is 1. The molecule has 0 atom stereocenters. The highest BCUT2D eigenvalue weighted by Crippen LogP contribution is 2.41. The summed E-state index contributed by atoms with van der Waals surface area (Å²) in [5.41, 5.74) is 10.9. The largest absolute Gasteiger partial charge is 0.479 e. The molecular weight excluding hydrogens is 431 g/mol. The number of aromatic nitrogens is 4. The molecule has 0 amide bonds. The molecule has 170 valence electrons. The second-order valence-electron chi connectivity index (χ2n) is 8.71. The van der Waals surface area contributed by atoms with Crippen molar-refractivity contribution in [1.82, 2.24) is 19.7 Å². The highest BCUT2D eigenvalue weighted by atomic mass is 19.1. The average molecular weight is 455 g/mol. The van der Waals surface area contributed by atoms with Gasteiger partial charge in [0.2, 0.25) is 0 Å². The number of rotatable bonds is 1. The number of aryl methyl sites for hydroxylation is 1. The van der Waals surface area contributed by atoms with E-state index in [-0.39, 0.29) is 5.82 Å². The summed E-state index contributed by atoms with van der Waals surface area (Å²) in [5, 5.41) is 14.5. The number of fused-ring (bicyclic) bond motifs is 7. The van der Waals surface area contributed by atoms with Gasteiger partial charge in [-0.25, -0.2) is 9.37 Å². The Morgan fingerprint density at radius 3 is 2.79 bits per heavy atom. The van der Waals surface area contributed by atoms with Crippen LogP contribution >= 0.6 is 0 Å². The molecule has 1 aliphatic heterocycles. The van der Waals surface area contributed by atoms with Gasteiger partial charge in [0.25, 0.3) is 0 Å². The first-order chi connectivity index (χ1) is 16.3. The fourth-order valence-corrected chi connectivity index (χ4v) is 4.57. The first-order valence-corrected chi connectivity index (χ1v) is 11.0. The molecular formula is C26H23FN6O. The molecule has 0 fully saturated rings. The van der Waals surface area contributed by atoms with E-state index in [1.807, 2.05) is 37.7 Å². The summed E-state index contributed by atoms with van der Waals surface area (Å²) < 4.78 is 22.8. The Balaban J connectivity index is 1.89. The molecule has 2 N–H and O–H groups in total. The van der Waals surface area contributed by atoms with Crippen molar-refractivity contribution in [2.45, 2.75) is 39.3 Å². The van der Waals surface area contributed by atoms with E-state index in [0.717, 1.165) is 16.8 Å². The molecule has 7 nitrogen and oxygen atoms in total. The Bertz CT molecular complexity index is 1470. The number of nitrogens with two attached hydrogens (primary N) is 1. The molecule has 5 rings (SSSR count). The zero-order valence-electron chi connectivity index (χ0n) is 19.1. The van der Waals surface area contributed by atoms with Gasteiger partial charge < -0.3 is 10.5 Å². The molecule has 0 unspecified atom stereocenters. The second-order valence-corrected chi connectivity index (χ2v) is 8.71. The molecule has 34 heavy (non-hydrogen) atoms. The van der Waals surface area contributed by atoms with Gasteiger partial charge in [-0.1, -0.05) is 6.07 Å². The Hall–Kier alpha value is -4.25. The highest BCUT2D eigenvalue weighted by molar-refractivity contribution is 5.77. The summed E-state index contributed by atoms with van der Waals surface area (Å²) in [7, 11) is 0. The summed E-state index contributed by atoms with van der Waals surface area (Å²) in [6.45, 7) is 6.35. The molecule has 3 aromatic heterocycles. The monoisotopic (exact) mass is 454 g/mol. The van der Waals surface area contributed by atoms with Gasteiger partial charge in [-0.2, -0.15) is 10.4 Å². The number of halogens is 1. The number of hydrogen-bond acceptors (Lipinski definition) is 6. The van der Waals surface area contributed by atoms with Gasteiger partial charge in [-0.15, -0.1) is 0 Å². The standard InChI is InChI=1S/C26H23FN6O/c1-4-33-24-16(14-32-33)9-21-23(15(12-28)7-8-30-21)19-6-5-18(27)11-20(19)26(2,3)34-22-10-17(24)13-31-25(22)29/h5-8,10-11,13-14H,4,9H2,1-3H3,(H2,29,31). The minimum absolute atomic E-state index is 0.232. The third-order valence-electron chi connectivity index (χ3n) is 6.14. The maximum atomic E-state index is 14.5. The summed E-state index contributed by atoms with van der Waals surface area (Å²) in [6.07, 6.45) is 5.56.